The fourth-order valence-corrected chi connectivity index (χ4v) is 4.93. The highest BCUT2D eigenvalue weighted by atomic mass is 28.3. The van der Waals surface area contributed by atoms with E-state index in [2.05, 4.69) is 161 Å². The lowest BCUT2D eigenvalue weighted by Crippen LogP contribution is -2.17. The SMILES string of the molecule is C[Si](C)(C)C#Cc1ccc(-c2ccc(C#C[Si](C)(C)C)c(C#C[Si](C)(C)C)c2)cc1C#C[Si](C)(C)C. The highest BCUT2D eigenvalue weighted by molar-refractivity contribution is 6.85. The lowest BCUT2D eigenvalue weighted by molar-refractivity contribution is 1.53. The maximum Gasteiger partial charge on any atom is 0.129 e. The van der Waals surface area contributed by atoms with Gasteiger partial charge in [-0.2, -0.15) is 0 Å². The van der Waals surface area contributed by atoms with Gasteiger partial charge in [-0.15, -0.1) is 22.2 Å². The number of hydrogen-bond acceptors (Lipinski definition) is 0. The smallest absolute Gasteiger partial charge is 0.127 e. The van der Waals surface area contributed by atoms with E-state index in [1.54, 1.807) is 0 Å². The quantitative estimate of drug-likeness (QED) is 0.253. The van der Waals surface area contributed by atoms with Gasteiger partial charge >= 0.3 is 0 Å². The second kappa shape index (κ2) is 11.3. The number of hydrogen-bond donors (Lipinski definition) is 0. The van der Waals surface area contributed by atoms with Gasteiger partial charge in [-0.1, -0.05) is 114 Å². The van der Waals surface area contributed by atoms with E-state index in [1.807, 2.05) is 0 Å². The summed E-state index contributed by atoms with van der Waals surface area (Å²) in [6.45, 7) is 27.3. The summed E-state index contributed by atoms with van der Waals surface area (Å²) in [6, 6.07) is 13.0. The molecular weight excluding hydrogens is 497 g/mol. The first-order chi connectivity index (χ1) is 16.3. The van der Waals surface area contributed by atoms with Gasteiger partial charge in [0, 0.05) is 22.3 Å². The summed E-state index contributed by atoms with van der Waals surface area (Å²) < 4.78 is 0. The molecule has 0 fully saturated rings. The molecule has 0 atom stereocenters. The lowest BCUT2D eigenvalue weighted by atomic mass is 9.96. The van der Waals surface area contributed by atoms with Crippen LogP contribution < -0.4 is 0 Å². The van der Waals surface area contributed by atoms with Gasteiger partial charge in [0.1, 0.15) is 32.3 Å². The Balaban J connectivity index is 2.71. The second-order valence-corrected chi connectivity index (χ2v) is 32.5. The van der Waals surface area contributed by atoms with Crippen molar-refractivity contribution in [3.8, 4) is 57.0 Å². The Morgan fingerprint density at radius 3 is 0.861 bits per heavy atom. The van der Waals surface area contributed by atoms with Crippen molar-refractivity contribution in [2.45, 2.75) is 78.6 Å². The molecule has 36 heavy (non-hydrogen) atoms. The Hall–Kier alpha value is -2.45. The van der Waals surface area contributed by atoms with E-state index in [-0.39, 0.29) is 0 Å². The Bertz CT molecular complexity index is 1260. The molecule has 2 aromatic carbocycles. The molecule has 0 nitrogen and oxygen atoms in total. The summed E-state index contributed by atoms with van der Waals surface area (Å²) in [5, 5.41) is 0. The summed E-state index contributed by atoms with van der Waals surface area (Å²) in [6.07, 6.45) is 0. The Morgan fingerprint density at radius 2 is 0.611 bits per heavy atom. The van der Waals surface area contributed by atoms with Crippen molar-refractivity contribution in [2.75, 3.05) is 0 Å². The first kappa shape index (κ1) is 29.8. The molecule has 0 amide bonds. The molecule has 186 valence electrons. The molecule has 0 aliphatic carbocycles. The summed E-state index contributed by atoms with van der Waals surface area (Å²) in [5.74, 6) is 13.9. The molecule has 0 spiro atoms. The zero-order valence-electron chi connectivity index (χ0n) is 24.5. The Kier molecular flexibility index (Phi) is 9.34. The van der Waals surface area contributed by atoms with Crippen molar-refractivity contribution in [1.29, 1.82) is 0 Å². The van der Waals surface area contributed by atoms with Gasteiger partial charge in [-0.25, -0.2) is 0 Å². The predicted octanol–water partition coefficient (Wildman–Crippen LogP) is 8.27. The third-order valence-corrected chi connectivity index (χ3v) is 8.16. The maximum atomic E-state index is 3.54. The van der Waals surface area contributed by atoms with Crippen LogP contribution in [-0.4, -0.2) is 32.3 Å². The maximum absolute atomic E-state index is 3.54. The minimum Gasteiger partial charge on any atom is -0.127 e. The monoisotopic (exact) mass is 538 g/mol. The third-order valence-electron chi connectivity index (χ3n) is 4.66. The summed E-state index contributed by atoms with van der Waals surface area (Å²) in [5.41, 5.74) is 20.5. The van der Waals surface area contributed by atoms with Crippen molar-refractivity contribution in [3.05, 3.63) is 58.7 Å². The summed E-state index contributed by atoms with van der Waals surface area (Å²) in [4.78, 5) is 0. The highest BCUT2D eigenvalue weighted by Gasteiger charge is 2.13. The zero-order valence-corrected chi connectivity index (χ0v) is 28.5. The van der Waals surface area contributed by atoms with Crippen LogP contribution >= 0.6 is 0 Å². The van der Waals surface area contributed by atoms with Crippen LogP contribution in [0, 0.1) is 45.9 Å². The Morgan fingerprint density at radius 1 is 0.361 bits per heavy atom. The van der Waals surface area contributed by atoms with E-state index in [9.17, 15) is 0 Å². The fraction of sp³-hybridized carbons (Fsp3) is 0.375. The molecular formula is C32H42Si4. The molecule has 0 aliphatic heterocycles. The summed E-state index contributed by atoms with van der Waals surface area (Å²) in [7, 11) is -6.00. The van der Waals surface area contributed by atoms with Gasteiger partial charge < -0.3 is 0 Å². The van der Waals surface area contributed by atoms with Crippen molar-refractivity contribution < 1.29 is 0 Å². The minimum atomic E-state index is -1.52. The van der Waals surface area contributed by atoms with Crippen LogP contribution in [0.4, 0.5) is 0 Å². The molecule has 0 bridgehead atoms. The summed E-state index contributed by atoms with van der Waals surface area (Å²) >= 11 is 0. The van der Waals surface area contributed by atoms with Gasteiger partial charge in [0.2, 0.25) is 0 Å². The lowest BCUT2D eigenvalue weighted by Gasteiger charge is -2.10. The third kappa shape index (κ3) is 11.1. The number of benzene rings is 2. The normalized spacial score (nSPS) is 11.6. The standard InChI is InChI=1S/C32H42Si4/c1-33(2,3)21-17-27-13-15-29(25-31(27)19-23-35(7,8)9)30-16-14-28(18-22-34(4,5)6)32(26-30)20-24-36(10,11)12/h13-16,25-26H,1-12H3. The molecule has 0 aromatic heterocycles. The van der Waals surface area contributed by atoms with E-state index in [0.717, 1.165) is 33.4 Å². The van der Waals surface area contributed by atoms with Crippen LogP contribution in [0.3, 0.4) is 0 Å². The molecule has 4 heteroatoms. The van der Waals surface area contributed by atoms with Gasteiger partial charge in [0.15, 0.2) is 0 Å². The molecule has 0 unspecified atom stereocenters. The molecule has 2 aromatic rings. The van der Waals surface area contributed by atoms with Crippen LogP contribution in [0.15, 0.2) is 36.4 Å². The molecule has 2 rings (SSSR count). The van der Waals surface area contributed by atoms with Gasteiger partial charge in [0.25, 0.3) is 0 Å². The molecule has 0 N–H and O–H groups in total. The molecule has 0 aliphatic rings. The molecule has 0 saturated heterocycles. The average Bonchev–Trinajstić information content (AvgIpc) is 2.71. The minimum absolute atomic E-state index is 1.03. The largest absolute Gasteiger partial charge is 0.129 e. The highest BCUT2D eigenvalue weighted by Crippen LogP contribution is 2.25. The van der Waals surface area contributed by atoms with Crippen LogP contribution in [-0.2, 0) is 0 Å². The Labute approximate surface area is 225 Å². The van der Waals surface area contributed by atoms with Gasteiger partial charge in [-0.05, 0) is 35.4 Å². The first-order valence-corrected chi connectivity index (χ1v) is 26.7. The molecule has 0 heterocycles. The topological polar surface area (TPSA) is 0 Å². The van der Waals surface area contributed by atoms with Crippen LogP contribution in [0.1, 0.15) is 22.3 Å². The van der Waals surface area contributed by atoms with Gasteiger partial charge in [-0.3, -0.25) is 0 Å². The van der Waals surface area contributed by atoms with Crippen LogP contribution in [0.2, 0.25) is 78.6 Å². The predicted molar refractivity (Wildman–Crippen MR) is 173 cm³/mol. The average molecular weight is 539 g/mol. The first-order valence-electron chi connectivity index (χ1n) is 12.7. The zero-order chi connectivity index (χ0) is 27.4. The van der Waals surface area contributed by atoms with Crippen molar-refractivity contribution in [2.24, 2.45) is 0 Å². The van der Waals surface area contributed by atoms with Crippen molar-refractivity contribution in [3.63, 3.8) is 0 Å². The van der Waals surface area contributed by atoms with Crippen molar-refractivity contribution in [1.82, 2.24) is 0 Å². The van der Waals surface area contributed by atoms with E-state index in [1.165, 1.54) is 0 Å². The molecule has 0 saturated carbocycles. The fourth-order valence-electron chi connectivity index (χ4n) is 2.89. The van der Waals surface area contributed by atoms with Crippen molar-refractivity contribution >= 4 is 32.3 Å². The van der Waals surface area contributed by atoms with Crippen LogP contribution in [0.5, 0.6) is 0 Å². The number of rotatable bonds is 1. The van der Waals surface area contributed by atoms with Gasteiger partial charge in [0.05, 0.1) is 0 Å². The second-order valence-electron chi connectivity index (χ2n) is 13.5. The van der Waals surface area contributed by atoms with E-state index < -0.39 is 32.3 Å². The van der Waals surface area contributed by atoms with E-state index >= 15 is 0 Å². The van der Waals surface area contributed by atoms with E-state index in [0.29, 0.717) is 0 Å². The van der Waals surface area contributed by atoms with E-state index in [4.69, 9.17) is 0 Å². The van der Waals surface area contributed by atoms with Crippen LogP contribution in [0.25, 0.3) is 11.1 Å². The molecule has 0 radical (unpaired) electrons.